The highest BCUT2D eigenvalue weighted by Gasteiger charge is 2.35. The molecule has 0 unspecified atom stereocenters. The number of nitrogens with zero attached hydrogens (tertiary/aromatic N) is 1. The van der Waals surface area contributed by atoms with Crippen molar-refractivity contribution >= 4 is 11.9 Å². The smallest absolute Gasteiger partial charge is 0.326 e. The van der Waals surface area contributed by atoms with Crippen LogP contribution >= 0.6 is 0 Å². The van der Waals surface area contributed by atoms with Gasteiger partial charge in [0.2, 0.25) is 0 Å². The van der Waals surface area contributed by atoms with Crippen molar-refractivity contribution in [3.05, 3.63) is 59.2 Å². The van der Waals surface area contributed by atoms with Gasteiger partial charge in [-0.1, -0.05) is 24.3 Å². The van der Waals surface area contributed by atoms with E-state index in [1.54, 1.807) is 18.2 Å². The molecule has 130 valence electrons. The third kappa shape index (κ3) is 3.15. The Morgan fingerprint density at radius 2 is 1.80 bits per heavy atom. The van der Waals surface area contributed by atoms with Gasteiger partial charge in [-0.25, -0.2) is 4.79 Å². The number of fused-ring (bicyclic) bond motifs is 1. The van der Waals surface area contributed by atoms with Gasteiger partial charge >= 0.3 is 5.97 Å². The van der Waals surface area contributed by atoms with Gasteiger partial charge in [-0.15, -0.1) is 0 Å². The van der Waals surface area contributed by atoms with Crippen LogP contribution in [0.25, 0.3) is 0 Å². The van der Waals surface area contributed by atoms with Crippen LogP contribution in [0.2, 0.25) is 0 Å². The summed E-state index contributed by atoms with van der Waals surface area (Å²) < 4.78 is 10.4. The number of rotatable bonds is 4. The highest BCUT2D eigenvalue weighted by Crippen LogP contribution is 2.30. The minimum absolute atomic E-state index is 0.251. The van der Waals surface area contributed by atoms with Crippen molar-refractivity contribution < 1.29 is 24.2 Å². The number of aliphatic carboxylic acids is 1. The number of carboxylic acids is 1. The average Bonchev–Trinajstić information content (AvgIpc) is 2.65. The molecule has 0 saturated heterocycles. The summed E-state index contributed by atoms with van der Waals surface area (Å²) in [6, 6.07) is 11.5. The molecule has 1 aliphatic rings. The van der Waals surface area contributed by atoms with Crippen molar-refractivity contribution in [2.45, 2.75) is 19.0 Å². The molecule has 6 nitrogen and oxygen atoms in total. The van der Waals surface area contributed by atoms with Crippen LogP contribution in [0.4, 0.5) is 0 Å². The Bertz CT molecular complexity index is 817. The van der Waals surface area contributed by atoms with Crippen LogP contribution in [0.5, 0.6) is 11.5 Å². The Morgan fingerprint density at radius 1 is 1.08 bits per heavy atom. The number of ether oxygens (including phenoxy) is 2. The number of amides is 1. The van der Waals surface area contributed by atoms with Gasteiger partial charge < -0.3 is 19.5 Å². The zero-order chi connectivity index (χ0) is 18.0. The average molecular weight is 341 g/mol. The Labute approximate surface area is 145 Å². The Balaban J connectivity index is 1.99. The van der Waals surface area contributed by atoms with Crippen molar-refractivity contribution in [2.75, 3.05) is 14.2 Å². The van der Waals surface area contributed by atoms with Gasteiger partial charge in [-0.05, 0) is 23.3 Å². The lowest BCUT2D eigenvalue weighted by molar-refractivity contribution is -0.142. The molecule has 0 aromatic heterocycles. The second-order valence-corrected chi connectivity index (χ2v) is 5.83. The molecule has 1 heterocycles. The zero-order valence-corrected chi connectivity index (χ0v) is 14.1. The van der Waals surface area contributed by atoms with E-state index in [4.69, 9.17) is 9.47 Å². The summed E-state index contributed by atoms with van der Waals surface area (Å²) in [6.07, 6.45) is 0.287. The molecule has 1 aliphatic heterocycles. The quantitative estimate of drug-likeness (QED) is 0.924. The molecule has 6 heteroatoms. The molecule has 1 amide bonds. The van der Waals surface area contributed by atoms with Gasteiger partial charge in [0, 0.05) is 19.0 Å². The van der Waals surface area contributed by atoms with Gasteiger partial charge in [-0.3, -0.25) is 4.79 Å². The van der Waals surface area contributed by atoms with Crippen LogP contribution in [0.15, 0.2) is 42.5 Å². The van der Waals surface area contributed by atoms with Crippen LogP contribution in [0.1, 0.15) is 21.5 Å². The molecule has 0 radical (unpaired) electrons. The maximum atomic E-state index is 13.0. The van der Waals surface area contributed by atoms with Gasteiger partial charge in [0.05, 0.1) is 19.8 Å². The number of carboxylic acid groups (broad SMARTS) is 1. The molecule has 0 spiro atoms. The van der Waals surface area contributed by atoms with Crippen molar-refractivity contribution in [1.82, 2.24) is 4.90 Å². The third-order valence-electron chi connectivity index (χ3n) is 4.43. The summed E-state index contributed by atoms with van der Waals surface area (Å²) in [5.74, 6) is -0.476. The first-order valence-corrected chi connectivity index (χ1v) is 7.87. The molecular weight excluding hydrogens is 322 g/mol. The van der Waals surface area contributed by atoms with Crippen molar-refractivity contribution in [3.63, 3.8) is 0 Å². The normalized spacial score (nSPS) is 16.1. The summed E-state index contributed by atoms with van der Waals surface area (Å²) in [7, 11) is 2.99. The number of hydrogen-bond donors (Lipinski definition) is 1. The molecule has 3 rings (SSSR count). The standard InChI is InChI=1S/C19H19NO5/c1-24-14-7-8-15(17(10-14)25-2)18(21)20-11-13-6-4-3-5-12(13)9-16(20)19(22)23/h3-8,10,16H,9,11H2,1-2H3,(H,22,23)/t16-/m1/s1. The molecule has 2 aromatic carbocycles. The van der Waals surface area contributed by atoms with Gasteiger partial charge in [0.1, 0.15) is 17.5 Å². The van der Waals surface area contributed by atoms with Gasteiger partial charge in [-0.2, -0.15) is 0 Å². The number of methoxy groups -OCH3 is 2. The van der Waals surface area contributed by atoms with E-state index < -0.39 is 12.0 Å². The number of carbonyl (C=O) groups excluding carboxylic acids is 1. The second kappa shape index (κ2) is 6.84. The summed E-state index contributed by atoms with van der Waals surface area (Å²) in [6.45, 7) is 0.251. The predicted molar refractivity (Wildman–Crippen MR) is 91.0 cm³/mol. The maximum absolute atomic E-state index is 13.0. The Morgan fingerprint density at radius 3 is 2.44 bits per heavy atom. The summed E-state index contributed by atoms with van der Waals surface area (Å²) >= 11 is 0. The SMILES string of the molecule is COc1ccc(C(=O)N2Cc3ccccc3C[C@@H]2C(=O)O)c(OC)c1. The van der Waals surface area contributed by atoms with Gasteiger partial charge in [0.15, 0.2) is 0 Å². The molecule has 25 heavy (non-hydrogen) atoms. The number of benzene rings is 2. The topological polar surface area (TPSA) is 76.1 Å². The van der Waals surface area contributed by atoms with E-state index in [1.165, 1.54) is 19.1 Å². The van der Waals surface area contributed by atoms with E-state index in [0.29, 0.717) is 17.1 Å². The number of carbonyl (C=O) groups is 2. The van der Waals surface area contributed by atoms with Crippen LogP contribution in [0.3, 0.4) is 0 Å². The molecule has 0 bridgehead atoms. The summed E-state index contributed by atoms with van der Waals surface area (Å²) in [5, 5.41) is 9.59. The summed E-state index contributed by atoms with van der Waals surface area (Å²) in [4.78, 5) is 26.1. The largest absolute Gasteiger partial charge is 0.497 e. The minimum Gasteiger partial charge on any atom is -0.497 e. The lowest BCUT2D eigenvalue weighted by Crippen LogP contribution is -2.48. The van der Waals surface area contributed by atoms with Gasteiger partial charge in [0.25, 0.3) is 5.91 Å². The van der Waals surface area contributed by atoms with Crippen LogP contribution in [-0.2, 0) is 17.8 Å². The molecule has 2 aromatic rings. The first kappa shape index (κ1) is 16.8. The van der Waals surface area contributed by atoms with E-state index in [-0.39, 0.29) is 18.9 Å². The number of hydrogen-bond acceptors (Lipinski definition) is 4. The first-order chi connectivity index (χ1) is 12.0. The molecule has 1 N–H and O–H groups in total. The zero-order valence-electron chi connectivity index (χ0n) is 14.1. The van der Waals surface area contributed by atoms with E-state index in [9.17, 15) is 14.7 Å². The molecule has 1 atom stereocenters. The second-order valence-electron chi connectivity index (χ2n) is 5.83. The highest BCUT2D eigenvalue weighted by atomic mass is 16.5. The van der Waals surface area contributed by atoms with Crippen LogP contribution < -0.4 is 9.47 Å². The van der Waals surface area contributed by atoms with Crippen molar-refractivity contribution in [3.8, 4) is 11.5 Å². The lowest BCUT2D eigenvalue weighted by atomic mass is 9.93. The Kier molecular flexibility index (Phi) is 4.61. The monoisotopic (exact) mass is 341 g/mol. The van der Waals surface area contributed by atoms with Crippen molar-refractivity contribution in [2.24, 2.45) is 0 Å². The fourth-order valence-corrected chi connectivity index (χ4v) is 3.09. The Hall–Kier alpha value is -3.02. The maximum Gasteiger partial charge on any atom is 0.326 e. The van der Waals surface area contributed by atoms with E-state index in [0.717, 1.165) is 11.1 Å². The molecule has 0 fully saturated rings. The molecule has 0 saturated carbocycles. The van der Waals surface area contributed by atoms with E-state index in [2.05, 4.69) is 0 Å². The first-order valence-electron chi connectivity index (χ1n) is 7.87. The fraction of sp³-hybridized carbons (Fsp3) is 0.263. The van der Waals surface area contributed by atoms with Crippen LogP contribution in [-0.4, -0.2) is 42.1 Å². The fourth-order valence-electron chi connectivity index (χ4n) is 3.09. The van der Waals surface area contributed by atoms with Crippen molar-refractivity contribution in [1.29, 1.82) is 0 Å². The van der Waals surface area contributed by atoms with E-state index in [1.807, 2.05) is 24.3 Å². The summed E-state index contributed by atoms with van der Waals surface area (Å²) in [5.41, 5.74) is 2.23. The lowest BCUT2D eigenvalue weighted by Gasteiger charge is -2.34. The van der Waals surface area contributed by atoms with E-state index >= 15 is 0 Å². The third-order valence-corrected chi connectivity index (χ3v) is 4.43. The van der Waals surface area contributed by atoms with Crippen LogP contribution in [0, 0.1) is 0 Å². The highest BCUT2D eigenvalue weighted by molar-refractivity contribution is 5.99. The predicted octanol–water partition coefficient (Wildman–Crippen LogP) is 2.36. The molecular formula is C19H19NO5. The minimum atomic E-state index is -1.02. The molecule has 0 aliphatic carbocycles.